The SMILES string of the molecule is COc1cc(Br)c(Br)c(C=Nc2cc(C)cc(C)c2O)c1O. The van der Waals surface area contributed by atoms with Crippen molar-refractivity contribution in [3.05, 3.63) is 43.8 Å². The first kappa shape index (κ1) is 16.8. The Bertz CT molecular complexity index is 758. The second kappa shape index (κ2) is 6.71. The summed E-state index contributed by atoms with van der Waals surface area (Å²) in [4.78, 5) is 4.29. The molecule has 0 aliphatic heterocycles. The van der Waals surface area contributed by atoms with Crippen LogP contribution in [-0.2, 0) is 0 Å². The number of rotatable bonds is 3. The first-order valence-corrected chi connectivity index (χ1v) is 8.03. The van der Waals surface area contributed by atoms with Gasteiger partial charge < -0.3 is 14.9 Å². The molecule has 0 spiro atoms. The topological polar surface area (TPSA) is 62.0 Å². The van der Waals surface area contributed by atoms with E-state index in [0.29, 0.717) is 21.5 Å². The van der Waals surface area contributed by atoms with E-state index < -0.39 is 0 Å². The smallest absolute Gasteiger partial charge is 0.167 e. The Labute approximate surface area is 145 Å². The molecule has 4 nitrogen and oxygen atoms in total. The molecule has 0 fully saturated rings. The summed E-state index contributed by atoms with van der Waals surface area (Å²) in [5, 5.41) is 20.3. The fourth-order valence-electron chi connectivity index (χ4n) is 2.06. The van der Waals surface area contributed by atoms with E-state index in [0.717, 1.165) is 15.6 Å². The highest BCUT2D eigenvalue weighted by Gasteiger charge is 2.14. The van der Waals surface area contributed by atoms with E-state index in [4.69, 9.17) is 4.74 Å². The number of hydrogen-bond donors (Lipinski definition) is 2. The van der Waals surface area contributed by atoms with Gasteiger partial charge in [-0.15, -0.1) is 0 Å². The van der Waals surface area contributed by atoms with Gasteiger partial charge in [0.05, 0.1) is 12.7 Å². The number of phenols is 2. The lowest BCUT2D eigenvalue weighted by molar-refractivity contribution is 0.372. The number of ether oxygens (including phenoxy) is 1. The zero-order valence-corrected chi connectivity index (χ0v) is 15.5. The van der Waals surface area contributed by atoms with Crippen molar-refractivity contribution in [2.24, 2.45) is 4.99 Å². The molecule has 0 radical (unpaired) electrons. The molecule has 6 heteroatoms. The van der Waals surface area contributed by atoms with E-state index in [2.05, 4.69) is 36.9 Å². The molecule has 0 heterocycles. The van der Waals surface area contributed by atoms with Crippen molar-refractivity contribution in [3.63, 3.8) is 0 Å². The Balaban J connectivity index is 2.54. The molecule has 116 valence electrons. The molecule has 2 rings (SSSR count). The van der Waals surface area contributed by atoms with E-state index in [9.17, 15) is 10.2 Å². The van der Waals surface area contributed by atoms with Gasteiger partial charge in [-0.2, -0.15) is 0 Å². The van der Waals surface area contributed by atoms with Crippen molar-refractivity contribution in [3.8, 4) is 17.2 Å². The van der Waals surface area contributed by atoms with Gasteiger partial charge in [0.25, 0.3) is 0 Å². The number of aryl methyl sites for hydroxylation is 2. The number of halogens is 2. The molecule has 0 amide bonds. The Kier molecular flexibility index (Phi) is 5.13. The largest absolute Gasteiger partial charge is 0.505 e. The lowest BCUT2D eigenvalue weighted by Crippen LogP contribution is -1.92. The second-order valence-corrected chi connectivity index (χ2v) is 6.49. The summed E-state index contributed by atoms with van der Waals surface area (Å²) in [7, 11) is 1.48. The number of aliphatic imine (C=N–C) groups is 1. The highest BCUT2D eigenvalue weighted by Crippen LogP contribution is 2.40. The minimum atomic E-state index is -0.0230. The van der Waals surface area contributed by atoms with Gasteiger partial charge in [0.15, 0.2) is 11.5 Å². The predicted molar refractivity (Wildman–Crippen MR) is 94.9 cm³/mol. The minimum absolute atomic E-state index is 0.0230. The Morgan fingerprint density at radius 2 is 1.77 bits per heavy atom. The number of benzene rings is 2. The monoisotopic (exact) mass is 427 g/mol. The van der Waals surface area contributed by atoms with Crippen LogP contribution in [0.2, 0.25) is 0 Å². The molecule has 0 atom stereocenters. The molecule has 0 aliphatic carbocycles. The fraction of sp³-hybridized carbons (Fsp3) is 0.188. The lowest BCUT2D eigenvalue weighted by Gasteiger charge is -2.10. The Hall–Kier alpha value is -1.53. The van der Waals surface area contributed by atoms with Gasteiger partial charge in [0.2, 0.25) is 0 Å². The molecular weight excluding hydrogens is 414 g/mol. The van der Waals surface area contributed by atoms with Crippen molar-refractivity contribution >= 4 is 43.8 Å². The van der Waals surface area contributed by atoms with Crippen molar-refractivity contribution in [2.45, 2.75) is 13.8 Å². The molecule has 0 saturated heterocycles. The van der Waals surface area contributed by atoms with Crippen LogP contribution in [0.15, 0.2) is 32.1 Å². The maximum absolute atomic E-state index is 10.2. The van der Waals surface area contributed by atoms with Crippen LogP contribution in [0.3, 0.4) is 0 Å². The van der Waals surface area contributed by atoms with Crippen LogP contribution in [-0.4, -0.2) is 23.5 Å². The first-order valence-electron chi connectivity index (χ1n) is 6.44. The molecule has 2 aromatic rings. The zero-order chi connectivity index (χ0) is 16.4. The number of phenolic OH excluding ortho intramolecular Hbond substituents is 2. The van der Waals surface area contributed by atoms with Crippen LogP contribution in [0, 0.1) is 13.8 Å². The summed E-state index contributed by atoms with van der Waals surface area (Å²) in [6.45, 7) is 3.75. The van der Waals surface area contributed by atoms with Crippen molar-refractivity contribution in [1.82, 2.24) is 0 Å². The van der Waals surface area contributed by atoms with Crippen molar-refractivity contribution in [2.75, 3.05) is 7.11 Å². The van der Waals surface area contributed by atoms with E-state index >= 15 is 0 Å². The van der Waals surface area contributed by atoms with E-state index in [-0.39, 0.29) is 11.5 Å². The van der Waals surface area contributed by atoms with Crippen molar-refractivity contribution < 1.29 is 14.9 Å². The zero-order valence-electron chi connectivity index (χ0n) is 12.3. The quantitative estimate of drug-likeness (QED) is 0.676. The maximum atomic E-state index is 10.2. The second-order valence-electron chi connectivity index (χ2n) is 4.84. The first-order chi connectivity index (χ1) is 10.3. The number of nitrogens with zero attached hydrogens (tertiary/aromatic N) is 1. The van der Waals surface area contributed by atoms with Crippen molar-refractivity contribution in [1.29, 1.82) is 0 Å². The molecular formula is C16H15Br2NO3. The summed E-state index contributed by atoms with van der Waals surface area (Å²) >= 11 is 6.79. The predicted octanol–water partition coefficient (Wildman–Crippen LogP) is 5.00. The van der Waals surface area contributed by atoms with Crippen LogP contribution in [0.4, 0.5) is 5.69 Å². The molecule has 2 aromatic carbocycles. The standard InChI is InChI=1S/C16H15Br2NO3/c1-8-4-9(2)15(20)12(5-8)19-7-10-14(18)11(17)6-13(22-3)16(10)21/h4-7,20-21H,1-3H3. The van der Waals surface area contributed by atoms with Gasteiger partial charge in [0.1, 0.15) is 11.4 Å². The molecule has 0 unspecified atom stereocenters. The summed E-state index contributed by atoms with van der Waals surface area (Å²) < 4.78 is 6.50. The van der Waals surface area contributed by atoms with Crippen LogP contribution in [0.25, 0.3) is 0 Å². The average Bonchev–Trinajstić information content (AvgIpc) is 2.47. The van der Waals surface area contributed by atoms with Crippen LogP contribution >= 0.6 is 31.9 Å². The third-order valence-corrected chi connectivity index (χ3v) is 5.18. The van der Waals surface area contributed by atoms with E-state index in [1.807, 2.05) is 19.9 Å². The molecule has 0 saturated carbocycles. The normalized spacial score (nSPS) is 11.1. The molecule has 0 aliphatic rings. The van der Waals surface area contributed by atoms with Crippen LogP contribution < -0.4 is 4.74 Å². The molecule has 2 N–H and O–H groups in total. The van der Waals surface area contributed by atoms with E-state index in [1.54, 1.807) is 12.1 Å². The summed E-state index contributed by atoms with van der Waals surface area (Å²) in [5.41, 5.74) is 2.66. The van der Waals surface area contributed by atoms with Gasteiger partial charge >= 0.3 is 0 Å². The Morgan fingerprint density at radius 1 is 1.09 bits per heavy atom. The van der Waals surface area contributed by atoms with Crippen LogP contribution in [0.1, 0.15) is 16.7 Å². The third kappa shape index (κ3) is 3.28. The van der Waals surface area contributed by atoms with E-state index in [1.165, 1.54) is 13.3 Å². The molecule has 22 heavy (non-hydrogen) atoms. The Morgan fingerprint density at radius 3 is 2.41 bits per heavy atom. The summed E-state index contributed by atoms with van der Waals surface area (Å²) in [5.74, 6) is 0.436. The van der Waals surface area contributed by atoms with Gasteiger partial charge in [-0.05, 0) is 69.0 Å². The highest BCUT2D eigenvalue weighted by atomic mass is 79.9. The average molecular weight is 429 g/mol. The molecule has 0 bridgehead atoms. The van der Waals surface area contributed by atoms with Gasteiger partial charge in [-0.25, -0.2) is 0 Å². The maximum Gasteiger partial charge on any atom is 0.167 e. The van der Waals surface area contributed by atoms with Crippen LogP contribution in [0.5, 0.6) is 17.2 Å². The number of methoxy groups -OCH3 is 1. The summed E-state index contributed by atoms with van der Waals surface area (Å²) in [6, 6.07) is 5.31. The van der Waals surface area contributed by atoms with Gasteiger partial charge in [-0.3, -0.25) is 4.99 Å². The highest BCUT2D eigenvalue weighted by molar-refractivity contribution is 9.13. The minimum Gasteiger partial charge on any atom is -0.505 e. The lowest BCUT2D eigenvalue weighted by atomic mass is 10.1. The van der Waals surface area contributed by atoms with Gasteiger partial charge in [0, 0.05) is 15.2 Å². The number of hydrogen-bond acceptors (Lipinski definition) is 4. The fourth-order valence-corrected chi connectivity index (χ4v) is 2.88. The third-order valence-electron chi connectivity index (χ3n) is 3.17. The summed E-state index contributed by atoms with van der Waals surface area (Å²) in [6.07, 6.45) is 1.49. The molecule has 0 aromatic heterocycles. The van der Waals surface area contributed by atoms with Gasteiger partial charge in [-0.1, -0.05) is 6.07 Å². The number of aromatic hydroxyl groups is 2.